The van der Waals surface area contributed by atoms with Gasteiger partial charge in [0.2, 0.25) is 0 Å². The highest BCUT2D eigenvalue weighted by Gasteiger charge is 2.17. The van der Waals surface area contributed by atoms with Crippen molar-refractivity contribution in [3.63, 3.8) is 0 Å². The molecule has 2 aromatic rings. The molecule has 0 bridgehead atoms. The van der Waals surface area contributed by atoms with Gasteiger partial charge >= 0.3 is 11.8 Å². The number of aryl methyl sites for hydroxylation is 1. The third kappa shape index (κ3) is 1.43. The third-order valence-corrected chi connectivity index (χ3v) is 2.43. The van der Waals surface area contributed by atoms with Gasteiger partial charge in [0.25, 0.3) is 5.56 Å². The third-order valence-electron chi connectivity index (χ3n) is 2.43. The Morgan fingerprint density at radius 2 is 2.00 bits per heavy atom. The summed E-state index contributed by atoms with van der Waals surface area (Å²) in [6.45, 7) is 0. The van der Waals surface area contributed by atoms with E-state index in [1.165, 1.54) is 19.2 Å². The van der Waals surface area contributed by atoms with Crippen LogP contribution in [0.2, 0.25) is 0 Å². The van der Waals surface area contributed by atoms with Crippen LogP contribution in [0.15, 0.2) is 27.8 Å². The van der Waals surface area contributed by atoms with Gasteiger partial charge in [0, 0.05) is 7.05 Å². The van der Waals surface area contributed by atoms with Crippen LogP contribution in [0.4, 0.5) is 9.18 Å². The second kappa shape index (κ2) is 3.55. The molecule has 2 rings (SSSR count). The maximum atomic E-state index is 13.5. The predicted molar refractivity (Wildman–Crippen MR) is 56.8 cm³/mol. The number of hydrogen-bond acceptors (Lipinski definition) is 3. The molecule has 88 valence electrons. The normalized spacial score (nSPS) is 10.7. The van der Waals surface area contributed by atoms with E-state index in [4.69, 9.17) is 5.11 Å². The number of benzene rings is 1. The molecule has 17 heavy (non-hydrogen) atoms. The fraction of sp³-hybridized carbons (Fsp3) is 0.100. The van der Waals surface area contributed by atoms with E-state index in [2.05, 4.69) is 0 Å². The number of hydrogen-bond donors (Lipinski definition) is 1. The zero-order valence-electron chi connectivity index (χ0n) is 8.68. The monoisotopic (exact) mass is 238 g/mol. The summed E-state index contributed by atoms with van der Waals surface area (Å²) in [6, 6.07) is 3.63. The fourth-order valence-corrected chi connectivity index (χ4v) is 1.65. The summed E-state index contributed by atoms with van der Waals surface area (Å²) in [5.74, 6) is -0.753. The fourth-order valence-electron chi connectivity index (χ4n) is 1.65. The lowest BCUT2D eigenvalue weighted by Gasteiger charge is -2.07. The lowest BCUT2D eigenvalue weighted by atomic mass is 10.2. The van der Waals surface area contributed by atoms with E-state index in [-0.39, 0.29) is 15.5 Å². The van der Waals surface area contributed by atoms with Gasteiger partial charge in [0.1, 0.15) is 5.82 Å². The molecule has 0 saturated carbocycles. The summed E-state index contributed by atoms with van der Waals surface area (Å²) in [5.41, 5.74) is -2.35. The molecule has 6 nitrogen and oxygen atoms in total. The van der Waals surface area contributed by atoms with Crippen molar-refractivity contribution in [3.05, 3.63) is 44.9 Å². The quantitative estimate of drug-likeness (QED) is 0.718. The summed E-state index contributed by atoms with van der Waals surface area (Å²) < 4.78 is 14.3. The molecule has 1 aromatic carbocycles. The van der Waals surface area contributed by atoms with Crippen molar-refractivity contribution in [2.45, 2.75) is 0 Å². The highest BCUT2D eigenvalue weighted by molar-refractivity contribution is 5.81. The van der Waals surface area contributed by atoms with E-state index in [1.54, 1.807) is 0 Å². The van der Waals surface area contributed by atoms with Crippen LogP contribution in [-0.2, 0) is 7.05 Å². The van der Waals surface area contributed by atoms with Gasteiger partial charge in [-0.1, -0.05) is 6.07 Å². The average Bonchev–Trinajstić information content (AvgIpc) is 2.25. The van der Waals surface area contributed by atoms with Gasteiger partial charge in [0.05, 0.1) is 10.9 Å². The first kappa shape index (κ1) is 11.1. The highest BCUT2D eigenvalue weighted by atomic mass is 19.1. The van der Waals surface area contributed by atoms with Crippen LogP contribution in [-0.4, -0.2) is 20.3 Å². The van der Waals surface area contributed by atoms with Crippen molar-refractivity contribution >= 4 is 17.0 Å². The number of halogens is 1. The number of carbonyl (C=O) groups is 1. The Kier molecular flexibility index (Phi) is 2.31. The molecule has 1 aromatic heterocycles. The van der Waals surface area contributed by atoms with Crippen molar-refractivity contribution in [1.82, 2.24) is 9.13 Å². The first-order valence-corrected chi connectivity index (χ1v) is 4.58. The minimum absolute atomic E-state index is 0.0434. The minimum Gasteiger partial charge on any atom is -0.464 e. The molecule has 0 atom stereocenters. The van der Waals surface area contributed by atoms with E-state index in [9.17, 15) is 18.8 Å². The SMILES string of the molecule is Cn1c(=O)n(C(=O)O)c(=O)c2cccc(F)c21. The molecule has 1 N–H and O–H groups in total. The second-order valence-electron chi connectivity index (χ2n) is 3.40. The highest BCUT2D eigenvalue weighted by Crippen LogP contribution is 2.11. The average molecular weight is 238 g/mol. The van der Waals surface area contributed by atoms with Crippen LogP contribution in [0.5, 0.6) is 0 Å². The second-order valence-corrected chi connectivity index (χ2v) is 3.40. The van der Waals surface area contributed by atoms with Gasteiger partial charge in [-0.3, -0.25) is 9.36 Å². The Labute approximate surface area is 93.1 Å². The summed E-state index contributed by atoms with van der Waals surface area (Å²) in [4.78, 5) is 34.1. The van der Waals surface area contributed by atoms with Crippen molar-refractivity contribution in [1.29, 1.82) is 0 Å². The first-order valence-electron chi connectivity index (χ1n) is 4.58. The van der Waals surface area contributed by atoms with Crippen molar-refractivity contribution in [3.8, 4) is 0 Å². The minimum atomic E-state index is -1.69. The Morgan fingerprint density at radius 1 is 1.35 bits per heavy atom. The topological polar surface area (TPSA) is 81.3 Å². The van der Waals surface area contributed by atoms with Crippen LogP contribution >= 0.6 is 0 Å². The van der Waals surface area contributed by atoms with Crippen LogP contribution in [0, 0.1) is 5.82 Å². The summed E-state index contributed by atoms with van der Waals surface area (Å²) in [6.07, 6.45) is -1.69. The molecule has 0 aliphatic heterocycles. The molecule has 0 fully saturated rings. The smallest absolute Gasteiger partial charge is 0.422 e. The van der Waals surface area contributed by atoms with Crippen LogP contribution in [0.3, 0.4) is 0 Å². The number of aromatic nitrogens is 2. The van der Waals surface area contributed by atoms with Crippen LogP contribution in [0.25, 0.3) is 10.9 Å². The lowest BCUT2D eigenvalue weighted by molar-refractivity contribution is 0.193. The van der Waals surface area contributed by atoms with E-state index in [0.717, 1.165) is 10.6 Å². The molecule has 0 aliphatic carbocycles. The van der Waals surface area contributed by atoms with Crippen molar-refractivity contribution < 1.29 is 14.3 Å². The molecule has 1 heterocycles. The standard InChI is InChI=1S/C10H7FN2O4/c1-12-7-5(3-2-4-6(7)11)8(14)13(9(12)15)10(16)17/h2-4H,1H3,(H,16,17). The summed E-state index contributed by atoms with van der Waals surface area (Å²) >= 11 is 0. The van der Waals surface area contributed by atoms with Crippen LogP contribution < -0.4 is 11.2 Å². The molecule has 0 amide bonds. The summed E-state index contributed by atoms with van der Waals surface area (Å²) in [5, 5.41) is 8.60. The molecule has 0 saturated heterocycles. The molecule has 0 radical (unpaired) electrons. The number of nitrogens with zero attached hydrogens (tertiary/aromatic N) is 2. The molecule has 0 aliphatic rings. The molecule has 7 heteroatoms. The van der Waals surface area contributed by atoms with E-state index in [0.29, 0.717) is 0 Å². The van der Waals surface area contributed by atoms with E-state index in [1.807, 2.05) is 0 Å². The van der Waals surface area contributed by atoms with Crippen LogP contribution in [0.1, 0.15) is 0 Å². The zero-order valence-corrected chi connectivity index (χ0v) is 8.68. The number of carboxylic acid groups (broad SMARTS) is 1. The van der Waals surface area contributed by atoms with Crippen molar-refractivity contribution in [2.24, 2.45) is 7.05 Å². The lowest BCUT2D eigenvalue weighted by Crippen LogP contribution is -2.42. The van der Waals surface area contributed by atoms with Gasteiger partial charge in [-0.25, -0.2) is 14.0 Å². The van der Waals surface area contributed by atoms with Gasteiger partial charge in [-0.05, 0) is 12.1 Å². The van der Waals surface area contributed by atoms with Gasteiger partial charge in [0.15, 0.2) is 0 Å². The molecular weight excluding hydrogens is 231 g/mol. The molecular formula is C10H7FN2O4. The largest absolute Gasteiger partial charge is 0.464 e. The molecule has 0 unspecified atom stereocenters. The van der Waals surface area contributed by atoms with Gasteiger partial charge in [-0.2, -0.15) is 4.57 Å². The van der Waals surface area contributed by atoms with E-state index >= 15 is 0 Å². The maximum absolute atomic E-state index is 13.5. The van der Waals surface area contributed by atoms with Gasteiger partial charge < -0.3 is 5.11 Å². The Hall–Kier alpha value is -2.44. The van der Waals surface area contributed by atoms with Gasteiger partial charge in [-0.15, -0.1) is 0 Å². The predicted octanol–water partition coefficient (Wildman–Crippen LogP) is 0.365. The number of fused-ring (bicyclic) bond motifs is 1. The zero-order chi connectivity index (χ0) is 12.7. The number of para-hydroxylation sites is 1. The Morgan fingerprint density at radius 3 is 2.59 bits per heavy atom. The van der Waals surface area contributed by atoms with Crippen molar-refractivity contribution in [2.75, 3.05) is 0 Å². The first-order chi connectivity index (χ1) is 7.95. The number of rotatable bonds is 0. The van der Waals surface area contributed by atoms with E-state index < -0.39 is 23.2 Å². The summed E-state index contributed by atoms with van der Waals surface area (Å²) in [7, 11) is 1.20. The Balaban J connectivity index is 3.18. The maximum Gasteiger partial charge on any atom is 0.422 e. The molecule has 0 spiro atoms. The Bertz CT molecular complexity index is 744.